The second-order valence-electron chi connectivity index (χ2n) is 28.9. The van der Waals surface area contributed by atoms with Crippen LogP contribution in [0.1, 0.15) is 58.7 Å². The molecular formula is C76H23N3O2. The topological polar surface area (TPSA) is 78.9 Å². The van der Waals surface area contributed by atoms with Crippen molar-refractivity contribution in [1.29, 1.82) is 0 Å². The van der Waals surface area contributed by atoms with E-state index in [1.54, 1.807) is 313 Å². The van der Waals surface area contributed by atoms with Crippen LogP contribution in [0.15, 0.2) is 29.3 Å². The minimum Gasteiger partial charge on any atom is -0.480 e. The maximum Gasteiger partial charge on any atom is 0.328 e. The van der Waals surface area contributed by atoms with Crippen LogP contribution in [-0.2, 0) is 15.6 Å². The molecule has 34 rings (SSSR count). The summed E-state index contributed by atoms with van der Waals surface area (Å²) in [5, 5.41) is 98.3. The Kier molecular flexibility index (Phi) is 3.35. The van der Waals surface area contributed by atoms with Crippen LogP contribution >= 0.6 is 0 Å². The van der Waals surface area contributed by atoms with Crippen molar-refractivity contribution in [2.24, 2.45) is 10.7 Å². The minimum absolute atomic E-state index is 0.0299. The third-order valence-corrected chi connectivity index (χ3v) is 27.8. The van der Waals surface area contributed by atoms with Gasteiger partial charge in [-0.1, -0.05) is 24.3 Å². The number of unbranched alkanes of at least 4 members (excludes halogenated alkanes) is 1. The summed E-state index contributed by atoms with van der Waals surface area (Å²) in [5.74, 6) is -0.868. The second kappa shape index (κ2) is 8.13. The van der Waals surface area contributed by atoms with E-state index in [2.05, 4.69) is 36.2 Å². The zero-order valence-corrected chi connectivity index (χ0v) is 42.4. The molecule has 29 aromatic rings. The van der Waals surface area contributed by atoms with Crippen molar-refractivity contribution in [3.05, 3.63) is 57.6 Å². The van der Waals surface area contributed by atoms with Crippen LogP contribution in [0.3, 0.4) is 0 Å². The van der Waals surface area contributed by atoms with Crippen LogP contribution in [0, 0.1) is 0 Å². The van der Waals surface area contributed by atoms with Gasteiger partial charge in [-0.25, -0.2) is 4.79 Å². The van der Waals surface area contributed by atoms with Crippen molar-refractivity contribution in [1.82, 2.24) is 4.90 Å². The van der Waals surface area contributed by atoms with Crippen molar-refractivity contribution in [2.75, 3.05) is 20.1 Å². The molecule has 1 aliphatic heterocycles. The van der Waals surface area contributed by atoms with E-state index >= 15 is 0 Å². The van der Waals surface area contributed by atoms with Crippen molar-refractivity contribution < 1.29 is 9.90 Å². The summed E-state index contributed by atoms with van der Waals surface area (Å²) in [6.45, 7) is 1.52. The van der Waals surface area contributed by atoms with Gasteiger partial charge < -0.3 is 10.8 Å². The Morgan fingerprint density at radius 2 is 0.704 bits per heavy atom. The molecule has 1 heterocycles. The molecule has 0 saturated carbocycles. The molecule has 2 spiro atoms. The number of benzene rings is 19. The van der Waals surface area contributed by atoms with Crippen molar-refractivity contribution in [3.8, 4) is 0 Å². The first-order chi connectivity index (χ1) is 40.1. The molecule has 5 heteroatoms. The number of nitrogens with two attached hydrogens (primary N) is 1. The van der Waals surface area contributed by atoms with Crippen LogP contribution in [-0.4, -0.2) is 48.4 Å². The molecule has 0 amide bonds. The molecule has 0 bridgehead atoms. The summed E-state index contributed by atoms with van der Waals surface area (Å²) in [7, 11) is 2.52. The van der Waals surface area contributed by atoms with Crippen molar-refractivity contribution in [3.63, 3.8) is 0 Å². The first-order valence-electron chi connectivity index (χ1n) is 30.1. The Bertz CT molecular complexity index is 7610. The molecule has 5 aliphatic rings. The summed E-state index contributed by atoms with van der Waals surface area (Å²) in [5.41, 5.74) is 14.2. The van der Waals surface area contributed by atoms with E-state index in [1.807, 2.05) is 6.21 Å². The molecule has 1 fully saturated rings. The lowest BCUT2D eigenvalue weighted by atomic mass is 9.47. The molecule has 1 unspecified atom stereocenters. The zero-order chi connectivity index (χ0) is 49.7. The molecule has 0 aromatic heterocycles. The fourth-order valence-electron chi connectivity index (χ4n) is 27.2. The lowest BCUT2D eigenvalue weighted by Gasteiger charge is -2.52. The molecule has 1 saturated heterocycles. The van der Waals surface area contributed by atoms with Crippen molar-refractivity contribution >= 4 is 303 Å². The van der Waals surface area contributed by atoms with E-state index in [0.29, 0.717) is 13.0 Å². The minimum atomic E-state index is -0.868. The van der Waals surface area contributed by atoms with E-state index in [9.17, 15) is 9.90 Å². The van der Waals surface area contributed by atoms with Gasteiger partial charge in [0.15, 0.2) is 0 Å². The Balaban J connectivity index is 0.946. The summed E-state index contributed by atoms with van der Waals surface area (Å²) in [6.07, 6.45) is 3.88. The standard InChI is InChI=1S/C76H23N3O2/c1-79-11-75-69-61-53-43-33-25-17-15-16-19-23-21(17)29-37-31(23)41-35-27(19)28-20(16)24-22-18(15)26(25)34-40-30(22)38-32(24)42-36(28)46-45(35)57-51(41)59-49(37)55(47(53)39(29)33)63(69)65(59)71-67(57)68-58(46)52(42)60-50(38)56-48(40)54(44(34)43)62(61)70(75)64(56)66(60)72(68)76(71,75)73(79)13-7-5-12(6-8-13)10-78-14(74(80)81)4-2-3-9-77/h5-8,10,14,73H,2-4,9,11,77H2,1H3,(H,80,81)/t14-,73?,75?,76?/m0/s1. The highest BCUT2D eigenvalue weighted by Crippen LogP contribution is 2.87. The summed E-state index contributed by atoms with van der Waals surface area (Å²) in [4.78, 5) is 20.2. The molecule has 0 radical (unpaired) electrons. The molecule has 5 nitrogen and oxygen atoms in total. The number of carboxylic acid groups (broad SMARTS) is 1. The molecule has 81 heavy (non-hydrogen) atoms. The van der Waals surface area contributed by atoms with Crippen molar-refractivity contribution in [2.45, 2.75) is 42.2 Å². The normalized spacial score (nSPS) is 22.8. The molecular weight excluding hydrogens is 987 g/mol. The highest BCUT2D eigenvalue weighted by Gasteiger charge is 2.75. The number of carboxylic acids is 1. The molecule has 4 aliphatic carbocycles. The predicted molar refractivity (Wildman–Crippen MR) is 338 cm³/mol. The molecule has 354 valence electrons. The van der Waals surface area contributed by atoms with Gasteiger partial charge in [-0.05, 0) is 357 Å². The Labute approximate surface area is 446 Å². The van der Waals surface area contributed by atoms with E-state index in [0.717, 1.165) is 24.9 Å². The van der Waals surface area contributed by atoms with Gasteiger partial charge in [0.25, 0.3) is 0 Å². The van der Waals surface area contributed by atoms with Crippen LogP contribution in [0.2, 0.25) is 0 Å². The fraction of sp³-hybridized carbons (Fsp3) is 0.132. The zero-order valence-electron chi connectivity index (χ0n) is 42.4. The maximum atomic E-state index is 12.5. The lowest BCUT2D eigenvalue weighted by molar-refractivity contribution is -0.138. The number of likely N-dealkylation sites (N-methyl/N-ethyl adjacent to an activating group) is 1. The second-order valence-corrected chi connectivity index (χ2v) is 28.9. The first-order valence-corrected chi connectivity index (χ1v) is 30.1. The van der Waals surface area contributed by atoms with E-state index in [1.165, 1.54) is 5.56 Å². The van der Waals surface area contributed by atoms with Crippen LogP contribution in [0.4, 0.5) is 0 Å². The highest BCUT2D eigenvalue weighted by molar-refractivity contribution is 6.82. The first kappa shape index (κ1) is 33.4. The fourth-order valence-corrected chi connectivity index (χ4v) is 27.2. The number of aliphatic imine (C=N–C) groups is 1. The van der Waals surface area contributed by atoms with Gasteiger partial charge in [0.05, 0.1) is 10.8 Å². The van der Waals surface area contributed by atoms with E-state index in [-0.39, 0.29) is 11.5 Å². The van der Waals surface area contributed by atoms with E-state index < -0.39 is 17.4 Å². The lowest BCUT2D eigenvalue weighted by Crippen LogP contribution is -2.51. The SMILES string of the molecule is CN1CC23c4c5c6c7c8c9c(c%10c%11c2c2c4c4c%12c5c5c6c6c8c8c%13c9c9c%10c%10c%11c%11c2c2c4c4c%12c%12c5c5c6c8c6c8c%13c9c9c%10c%10c%11c2c2c4c4c%12c5c6c5c8c9c%10c2c45)C73C1c1ccc(C=N[C@@H](CCCCN)C(=O)O)cc1. The summed E-state index contributed by atoms with van der Waals surface area (Å²) in [6, 6.07) is 8.66. The third kappa shape index (κ3) is 2.02. The maximum absolute atomic E-state index is 12.5. The van der Waals surface area contributed by atoms with Crippen LogP contribution in [0.5, 0.6) is 0 Å². The molecule has 3 N–H and O–H groups in total. The third-order valence-electron chi connectivity index (χ3n) is 27.8. The van der Waals surface area contributed by atoms with Gasteiger partial charge in [0.2, 0.25) is 0 Å². The van der Waals surface area contributed by atoms with Gasteiger partial charge in [0.1, 0.15) is 6.04 Å². The number of rotatable bonds is 8. The highest BCUT2D eigenvalue weighted by atomic mass is 16.4. The number of hydrogen-bond acceptors (Lipinski definition) is 4. The van der Waals surface area contributed by atoms with Crippen LogP contribution in [0.25, 0.3) is 291 Å². The van der Waals surface area contributed by atoms with Gasteiger partial charge in [-0.2, -0.15) is 0 Å². The summed E-state index contributed by atoms with van der Waals surface area (Å²) < 4.78 is 0. The Morgan fingerprint density at radius 1 is 0.444 bits per heavy atom. The molecule has 2 atom stereocenters. The predicted octanol–water partition coefficient (Wildman–Crippen LogP) is 18.0. The summed E-state index contributed by atoms with van der Waals surface area (Å²) >= 11 is 0. The average molecular weight is 1010 g/mol. The number of likely N-dealkylation sites (tertiary alicyclic amines) is 1. The monoisotopic (exact) mass is 1010 g/mol. The number of carbonyl (C=O) groups is 1. The number of nitrogens with zero attached hydrogens (tertiary/aromatic N) is 2. The average Bonchev–Trinajstić information content (AvgIpc) is 1.69. The van der Waals surface area contributed by atoms with Crippen LogP contribution < -0.4 is 5.73 Å². The van der Waals surface area contributed by atoms with Gasteiger partial charge in [0, 0.05) is 18.8 Å². The quantitative estimate of drug-likeness (QED) is 0.0903. The van der Waals surface area contributed by atoms with Gasteiger partial charge in [-0.15, -0.1) is 0 Å². The number of hydrogen-bond donors (Lipinski definition) is 2. The van der Waals surface area contributed by atoms with Gasteiger partial charge >= 0.3 is 5.97 Å². The van der Waals surface area contributed by atoms with E-state index in [4.69, 9.17) is 10.7 Å². The van der Waals surface area contributed by atoms with Gasteiger partial charge in [-0.3, -0.25) is 9.89 Å². The Morgan fingerprint density at radius 3 is 0.963 bits per heavy atom. The Hall–Kier alpha value is -9.26. The largest absolute Gasteiger partial charge is 0.480 e. The molecule has 29 aromatic carbocycles. The smallest absolute Gasteiger partial charge is 0.328 e. The number of aliphatic carboxylic acids is 1.